The van der Waals surface area contributed by atoms with Gasteiger partial charge in [-0.15, -0.1) is 0 Å². The molecule has 0 aliphatic carbocycles. The van der Waals surface area contributed by atoms with Gasteiger partial charge in [-0.1, -0.05) is 6.92 Å². The number of thioether (sulfide) groups is 1. The van der Waals surface area contributed by atoms with Gasteiger partial charge in [0.1, 0.15) is 6.04 Å². The third-order valence-corrected chi connectivity index (χ3v) is 3.83. The molecular formula is C11H20N2O3S. The van der Waals surface area contributed by atoms with Crippen LogP contribution in [0.15, 0.2) is 0 Å². The van der Waals surface area contributed by atoms with Gasteiger partial charge in [0.05, 0.1) is 0 Å². The quantitative estimate of drug-likeness (QED) is 0.828. The molecule has 1 heterocycles. The lowest BCUT2D eigenvalue weighted by Crippen LogP contribution is -2.54. The summed E-state index contributed by atoms with van der Waals surface area (Å²) in [6.07, 6.45) is 0.889. The lowest BCUT2D eigenvalue weighted by molar-refractivity contribution is -0.141. The molecule has 1 N–H and O–H groups in total. The monoisotopic (exact) mass is 260 g/mol. The van der Waals surface area contributed by atoms with Crippen molar-refractivity contribution in [2.45, 2.75) is 26.3 Å². The standard InChI is InChI=1S/C11H20N2O3S/c1-3-5-12(4-2)11(16)13-6-7-17-8-9(13)10(14)15/h9H,3-8H2,1-2H3,(H,14,15). The van der Waals surface area contributed by atoms with E-state index in [0.717, 1.165) is 12.2 Å². The number of urea groups is 1. The molecule has 1 aliphatic heterocycles. The molecule has 5 nitrogen and oxygen atoms in total. The van der Waals surface area contributed by atoms with Gasteiger partial charge in [0, 0.05) is 31.1 Å². The van der Waals surface area contributed by atoms with Gasteiger partial charge in [-0.3, -0.25) is 0 Å². The molecule has 0 bridgehead atoms. The van der Waals surface area contributed by atoms with Crippen LogP contribution in [0.3, 0.4) is 0 Å². The van der Waals surface area contributed by atoms with E-state index in [1.54, 1.807) is 16.7 Å². The third kappa shape index (κ3) is 3.52. The molecule has 17 heavy (non-hydrogen) atoms. The van der Waals surface area contributed by atoms with Crippen molar-refractivity contribution < 1.29 is 14.7 Å². The molecule has 0 aromatic rings. The molecule has 0 aromatic carbocycles. The molecule has 1 atom stereocenters. The Morgan fingerprint density at radius 2 is 2.18 bits per heavy atom. The van der Waals surface area contributed by atoms with Crippen LogP contribution in [0.4, 0.5) is 4.79 Å². The van der Waals surface area contributed by atoms with E-state index in [0.29, 0.717) is 25.4 Å². The number of carbonyl (C=O) groups excluding carboxylic acids is 1. The second-order valence-electron chi connectivity index (χ2n) is 3.98. The van der Waals surface area contributed by atoms with Crippen molar-refractivity contribution in [1.29, 1.82) is 0 Å². The zero-order valence-electron chi connectivity index (χ0n) is 10.4. The van der Waals surface area contributed by atoms with Crippen LogP contribution in [-0.4, -0.2) is 64.1 Å². The van der Waals surface area contributed by atoms with Crippen molar-refractivity contribution in [1.82, 2.24) is 9.80 Å². The summed E-state index contributed by atoms with van der Waals surface area (Å²) in [6, 6.07) is -0.811. The molecule has 6 heteroatoms. The predicted molar refractivity (Wildman–Crippen MR) is 68.4 cm³/mol. The maximum Gasteiger partial charge on any atom is 0.327 e. The Morgan fingerprint density at radius 1 is 1.47 bits per heavy atom. The van der Waals surface area contributed by atoms with Gasteiger partial charge in [-0.05, 0) is 13.3 Å². The van der Waals surface area contributed by atoms with Crippen molar-refractivity contribution in [3.05, 3.63) is 0 Å². The number of carbonyl (C=O) groups is 2. The van der Waals surface area contributed by atoms with Crippen LogP contribution in [0.2, 0.25) is 0 Å². The van der Waals surface area contributed by atoms with Crippen molar-refractivity contribution in [3.8, 4) is 0 Å². The fourth-order valence-electron chi connectivity index (χ4n) is 1.88. The van der Waals surface area contributed by atoms with Crippen LogP contribution < -0.4 is 0 Å². The second kappa shape index (κ2) is 6.74. The molecule has 1 aliphatic rings. The van der Waals surface area contributed by atoms with Crippen LogP contribution in [-0.2, 0) is 4.79 Å². The van der Waals surface area contributed by atoms with E-state index in [9.17, 15) is 9.59 Å². The van der Waals surface area contributed by atoms with Gasteiger partial charge in [0.2, 0.25) is 0 Å². The fraction of sp³-hybridized carbons (Fsp3) is 0.818. The zero-order chi connectivity index (χ0) is 12.8. The molecule has 0 radical (unpaired) electrons. The van der Waals surface area contributed by atoms with Crippen molar-refractivity contribution in [3.63, 3.8) is 0 Å². The smallest absolute Gasteiger partial charge is 0.327 e. The fourth-order valence-corrected chi connectivity index (χ4v) is 2.92. The first kappa shape index (κ1) is 14.2. The van der Waals surface area contributed by atoms with E-state index < -0.39 is 12.0 Å². The minimum atomic E-state index is -0.905. The largest absolute Gasteiger partial charge is 0.480 e. The molecular weight excluding hydrogens is 240 g/mol. The topological polar surface area (TPSA) is 60.9 Å². The minimum Gasteiger partial charge on any atom is -0.480 e. The highest BCUT2D eigenvalue weighted by molar-refractivity contribution is 7.99. The summed E-state index contributed by atoms with van der Waals surface area (Å²) >= 11 is 1.59. The number of aliphatic carboxylic acids is 1. The Labute approximate surface area is 106 Å². The first-order chi connectivity index (χ1) is 8.11. The maximum absolute atomic E-state index is 12.2. The molecule has 1 fully saturated rings. The lowest BCUT2D eigenvalue weighted by atomic mass is 10.3. The van der Waals surface area contributed by atoms with Crippen LogP contribution in [0.5, 0.6) is 0 Å². The first-order valence-corrected chi connectivity index (χ1v) is 7.13. The Morgan fingerprint density at radius 3 is 2.71 bits per heavy atom. The van der Waals surface area contributed by atoms with E-state index in [2.05, 4.69) is 0 Å². The number of nitrogens with zero attached hydrogens (tertiary/aromatic N) is 2. The second-order valence-corrected chi connectivity index (χ2v) is 5.13. The summed E-state index contributed by atoms with van der Waals surface area (Å²) in [5, 5.41) is 9.12. The van der Waals surface area contributed by atoms with Crippen LogP contribution in [0, 0.1) is 0 Å². The Bertz CT molecular complexity index is 286. The molecule has 1 saturated heterocycles. The van der Waals surface area contributed by atoms with E-state index >= 15 is 0 Å². The van der Waals surface area contributed by atoms with Gasteiger partial charge in [0.15, 0.2) is 0 Å². The van der Waals surface area contributed by atoms with Crippen molar-refractivity contribution in [2.75, 3.05) is 31.1 Å². The summed E-state index contributed by atoms with van der Waals surface area (Å²) in [7, 11) is 0. The summed E-state index contributed by atoms with van der Waals surface area (Å²) in [5.41, 5.74) is 0. The molecule has 2 amide bonds. The van der Waals surface area contributed by atoms with Crippen molar-refractivity contribution in [2.24, 2.45) is 0 Å². The first-order valence-electron chi connectivity index (χ1n) is 5.97. The van der Waals surface area contributed by atoms with E-state index in [-0.39, 0.29) is 6.03 Å². The number of hydrogen-bond donors (Lipinski definition) is 1. The molecule has 98 valence electrons. The summed E-state index contributed by atoms with van der Waals surface area (Å²) < 4.78 is 0. The van der Waals surface area contributed by atoms with E-state index in [4.69, 9.17) is 5.11 Å². The maximum atomic E-state index is 12.2. The van der Waals surface area contributed by atoms with Gasteiger partial charge >= 0.3 is 12.0 Å². The number of hydrogen-bond acceptors (Lipinski definition) is 3. The SMILES string of the molecule is CCCN(CC)C(=O)N1CCSCC1C(=O)O. The predicted octanol–water partition coefficient (Wildman–Crippen LogP) is 1.34. The molecule has 0 aromatic heterocycles. The van der Waals surface area contributed by atoms with Crippen LogP contribution >= 0.6 is 11.8 Å². The summed E-state index contributed by atoms with van der Waals surface area (Å²) in [5.74, 6) is 0.405. The highest BCUT2D eigenvalue weighted by atomic mass is 32.2. The van der Waals surface area contributed by atoms with E-state index in [1.165, 1.54) is 4.90 Å². The third-order valence-electron chi connectivity index (χ3n) is 2.80. The van der Waals surface area contributed by atoms with Crippen LogP contribution in [0.25, 0.3) is 0 Å². The van der Waals surface area contributed by atoms with E-state index in [1.807, 2.05) is 13.8 Å². The number of amides is 2. The molecule has 1 rings (SSSR count). The highest BCUT2D eigenvalue weighted by Gasteiger charge is 2.34. The normalized spacial score (nSPS) is 20.1. The molecule has 0 spiro atoms. The Hall–Kier alpha value is -0.910. The lowest BCUT2D eigenvalue weighted by Gasteiger charge is -2.36. The number of rotatable bonds is 4. The van der Waals surface area contributed by atoms with Gasteiger partial charge < -0.3 is 14.9 Å². The zero-order valence-corrected chi connectivity index (χ0v) is 11.2. The number of carboxylic acids is 1. The van der Waals surface area contributed by atoms with Crippen LogP contribution in [0.1, 0.15) is 20.3 Å². The highest BCUT2D eigenvalue weighted by Crippen LogP contribution is 2.18. The van der Waals surface area contributed by atoms with Crippen molar-refractivity contribution >= 4 is 23.8 Å². The van der Waals surface area contributed by atoms with Gasteiger partial charge in [-0.25, -0.2) is 9.59 Å². The average molecular weight is 260 g/mol. The summed E-state index contributed by atoms with van der Waals surface area (Å²) in [6.45, 7) is 5.77. The Kier molecular flexibility index (Phi) is 5.61. The average Bonchev–Trinajstić information content (AvgIpc) is 2.35. The number of carboxylic acid groups (broad SMARTS) is 1. The van der Waals surface area contributed by atoms with Gasteiger partial charge in [-0.2, -0.15) is 11.8 Å². The molecule has 1 unspecified atom stereocenters. The van der Waals surface area contributed by atoms with Gasteiger partial charge in [0.25, 0.3) is 0 Å². The Balaban J connectivity index is 2.73. The molecule has 0 saturated carbocycles. The minimum absolute atomic E-state index is 0.137. The summed E-state index contributed by atoms with van der Waals surface area (Å²) in [4.78, 5) is 26.5.